The maximum atomic E-state index is 12.4. The fourth-order valence-corrected chi connectivity index (χ4v) is 3.87. The number of ether oxygens (including phenoxy) is 2. The minimum Gasteiger partial charge on any atom is -0.493 e. The molecule has 0 saturated carbocycles. The molecular formula is C17H21NO6S2. The summed E-state index contributed by atoms with van der Waals surface area (Å²) in [5.41, 5.74) is 0.696. The minimum atomic E-state index is -3.78. The van der Waals surface area contributed by atoms with Gasteiger partial charge in [0.25, 0.3) is 0 Å². The molecule has 142 valence electrons. The summed E-state index contributed by atoms with van der Waals surface area (Å²) < 4.78 is 60.8. The SMILES string of the molecule is CCOc1ccc(CNS(=O)(=O)c2ccc(S(C)(=O)=O)cc2)cc1OC. The first-order valence-electron chi connectivity index (χ1n) is 7.77. The first-order chi connectivity index (χ1) is 12.2. The van der Waals surface area contributed by atoms with E-state index in [-0.39, 0.29) is 16.3 Å². The molecule has 0 saturated heterocycles. The number of hydrogen-bond donors (Lipinski definition) is 1. The van der Waals surface area contributed by atoms with Crippen LogP contribution in [0.15, 0.2) is 52.3 Å². The summed E-state index contributed by atoms with van der Waals surface area (Å²) in [7, 11) is -5.65. The van der Waals surface area contributed by atoms with Crippen LogP contribution in [0.2, 0.25) is 0 Å². The molecule has 0 radical (unpaired) electrons. The average molecular weight is 399 g/mol. The Morgan fingerprint density at radius 1 is 0.923 bits per heavy atom. The molecule has 26 heavy (non-hydrogen) atoms. The Kier molecular flexibility index (Phi) is 6.27. The predicted octanol–water partition coefficient (Wildman–Crippen LogP) is 1.98. The first kappa shape index (κ1) is 20.2. The van der Waals surface area contributed by atoms with E-state index in [1.807, 2.05) is 6.92 Å². The molecule has 0 unspecified atom stereocenters. The van der Waals surface area contributed by atoms with Crippen LogP contribution in [0.25, 0.3) is 0 Å². The summed E-state index contributed by atoms with van der Waals surface area (Å²) >= 11 is 0. The number of nitrogens with one attached hydrogen (secondary N) is 1. The van der Waals surface area contributed by atoms with Crippen LogP contribution < -0.4 is 14.2 Å². The second-order valence-corrected chi connectivity index (χ2v) is 9.27. The van der Waals surface area contributed by atoms with Gasteiger partial charge in [0.1, 0.15) is 0 Å². The molecule has 1 N–H and O–H groups in total. The van der Waals surface area contributed by atoms with Crippen LogP contribution in [0.3, 0.4) is 0 Å². The number of sulfone groups is 1. The number of rotatable bonds is 8. The van der Waals surface area contributed by atoms with Gasteiger partial charge in [0.05, 0.1) is 23.5 Å². The zero-order valence-electron chi connectivity index (χ0n) is 14.7. The molecule has 0 bridgehead atoms. The van der Waals surface area contributed by atoms with Crippen LogP contribution in [-0.2, 0) is 26.4 Å². The molecular weight excluding hydrogens is 378 g/mol. The molecule has 0 amide bonds. The third-order valence-electron chi connectivity index (χ3n) is 3.56. The highest BCUT2D eigenvalue weighted by molar-refractivity contribution is 7.90. The average Bonchev–Trinajstić information content (AvgIpc) is 2.60. The Bertz CT molecular complexity index is 967. The van der Waals surface area contributed by atoms with E-state index in [4.69, 9.17) is 9.47 Å². The molecule has 7 nitrogen and oxygen atoms in total. The van der Waals surface area contributed by atoms with Crippen LogP contribution in [0, 0.1) is 0 Å². The topological polar surface area (TPSA) is 98.8 Å². The molecule has 0 aliphatic heterocycles. The van der Waals surface area contributed by atoms with Gasteiger partial charge in [-0.2, -0.15) is 0 Å². The second kappa shape index (κ2) is 8.07. The predicted molar refractivity (Wildman–Crippen MR) is 97.7 cm³/mol. The van der Waals surface area contributed by atoms with Crippen LogP contribution >= 0.6 is 0 Å². The van der Waals surface area contributed by atoms with Crippen molar-refractivity contribution in [1.82, 2.24) is 4.72 Å². The quantitative estimate of drug-likeness (QED) is 0.729. The summed E-state index contributed by atoms with van der Waals surface area (Å²) in [6.45, 7) is 2.40. The van der Waals surface area contributed by atoms with Crippen molar-refractivity contribution in [2.24, 2.45) is 0 Å². The van der Waals surface area contributed by atoms with E-state index < -0.39 is 19.9 Å². The highest BCUT2D eigenvalue weighted by Crippen LogP contribution is 2.28. The molecule has 0 aliphatic rings. The third-order valence-corrected chi connectivity index (χ3v) is 6.10. The van der Waals surface area contributed by atoms with Crippen LogP contribution in [0.1, 0.15) is 12.5 Å². The monoisotopic (exact) mass is 399 g/mol. The van der Waals surface area contributed by atoms with E-state index in [1.165, 1.54) is 31.4 Å². The Balaban J connectivity index is 2.15. The molecule has 0 aliphatic carbocycles. The Labute approximate surface area is 153 Å². The van der Waals surface area contributed by atoms with Gasteiger partial charge in [0.15, 0.2) is 21.3 Å². The lowest BCUT2D eigenvalue weighted by Crippen LogP contribution is -2.23. The smallest absolute Gasteiger partial charge is 0.240 e. The van der Waals surface area contributed by atoms with Gasteiger partial charge in [-0.3, -0.25) is 0 Å². The van der Waals surface area contributed by atoms with Crippen molar-refractivity contribution < 1.29 is 26.3 Å². The van der Waals surface area contributed by atoms with Gasteiger partial charge in [-0.05, 0) is 48.9 Å². The summed E-state index contributed by atoms with van der Waals surface area (Å²) in [4.78, 5) is 0.0514. The van der Waals surface area contributed by atoms with E-state index in [0.717, 1.165) is 6.26 Å². The lowest BCUT2D eigenvalue weighted by atomic mass is 10.2. The zero-order chi connectivity index (χ0) is 19.4. The normalized spacial score (nSPS) is 12.0. The lowest BCUT2D eigenvalue weighted by molar-refractivity contribution is 0.310. The molecule has 2 rings (SSSR count). The van der Waals surface area contributed by atoms with Gasteiger partial charge in [-0.1, -0.05) is 6.07 Å². The third kappa shape index (κ3) is 4.96. The van der Waals surface area contributed by atoms with Gasteiger partial charge >= 0.3 is 0 Å². The first-order valence-corrected chi connectivity index (χ1v) is 11.1. The highest BCUT2D eigenvalue weighted by Gasteiger charge is 2.16. The van der Waals surface area contributed by atoms with E-state index in [9.17, 15) is 16.8 Å². The molecule has 2 aromatic carbocycles. The van der Waals surface area contributed by atoms with E-state index in [1.54, 1.807) is 18.2 Å². The highest BCUT2D eigenvalue weighted by atomic mass is 32.2. The Morgan fingerprint density at radius 2 is 1.54 bits per heavy atom. The maximum absolute atomic E-state index is 12.4. The van der Waals surface area contributed by atoms with E-state index in [0.29, 0.717) is 23.7 Å². The molecule has 0 atom stereocenters. The molecule has 2 aromatic rings. The van der Waals surface area contributed by atoms with E-state index in [2.05, 4.69) is 4.72 Å². The van der Waals surface area contributed by atoms with Gasteiger partial charge in [-0.15, -0.1) is 0 Å². The summed E-state index contributed by atoms with van der Waals surface area (Å²) in [6.07, 6.45) is 1.06. The van der Waals surface area contributed by atoms with Crippen LogP contribution in [0.5, 0.6) is 11.5 Å². The molecule has 9 heteroatoms. The minimum absolute atomic E-state index is 0.0113. The molecule has 0 aromatic heterocycles. The number of benzene rings is 2. The summed E-state index contributed by atoms with van der Waals surface area (Å²) in [6, 6.07) is 10.2. The number of hydrogen-bond acceptors (Lipinski definition) is 6. The second-order valence-electron chi connectivity index (χ2n) is 5.49. The van der Waals surface area contributed by atoms with Crippen molar-refractivity contribution in [2.75, 3.05) is 20.0 Å². The van der Waals surface area contributed by atoms with Gasteiger partial charge in [0.2, 0.25) is 10.0 Å². The van der Waals surface area contributed by atoms with Gasteiger partial charge < -0.3 is 9.47 Å². The van der Waals surface area contributed by atoms with Crippen molar-refractivity contribution in [1.29, 1.82) is 0 Å². The van der Waals surface area contributed by atoms with Crippen molar-refractivity contribution in [3.05, 3.63) is 48.0 Å². The van der Waals surface area contributed by atoms with E-state index >= 15 is 0 Å². The van der Waals surface area contributed by atoms with Crippen molar-refractivity contribution in [2.45, 2.75) is 23.3 Å². The van der Waals surface area contributed by atoms with Crippen molar-refractivity contribution >= 4 is 19.9 Å². The standard InChI is InChI=1S/C17H21NO6S2/c1-4-24-16-10-5-13(11-17(16)23-2)12-18-26(21,22)15-8-6-14(7-9-15)25(3,19)20/h5-11,18H,4,12H2,1-3H3. The number of sulfonamides is 1. The summed E-state index contributed by atoms with van der Waals surface area (Å²) in [5, 5.41) is 0. The summed E-state index contributed by atoms with van der Waals surface area (Å²) in [5.74, 6) is 1.10. The van der Waals surface area contributed by atoms with Crippen LogP contribution in [0.4, 0.5) is 0 Å². The fourth-order valence-electron chi connectivity index (χ4n) is 2.22. The maximum Gasteiger partial charge on any atom is 0.240 e. The Hall–Kier alpha value is -2.10. The van der Waals surface area contributed by atoms with Crippen molar-refractivity contribution in [3.63, 3.8) is 0 Å². The van der Waals surface area contributed by atoms with Crippen molar-refractivity contribution in [3.8, 4) is 11.5 Å². The molecule has 0 spiro atoms. The molecule has 0 heterocycles. The van der Waals surface area contributed by atoms with Crippen LogP contribution in [-0.4, -0.2) is 36.8 Å². The zero-order valence-corrected chi connectivity index (χ0v) is 16.4. The lowest BCUT2D eigenvalue weighted by Gasteiger charge is -2.12. The Morgan fingerprint density at radius 3 is 2.08 bits per heavy atom. The van der Waals surface area contributed by atoms with Gasteiger partial charge in [0, 0.05) is 12.8 Å². The number of methoxy groups -OCH3 is 1. The fraction of sp³-hybridized carbons (Fsp3) is 0.294. The van der Waals surface area contributed by atoms with Gasteiger partial charge in [-0.25, -0.2) is 21.6 Å². The largest absolute Gasteiger partial charge is 0.493 e. The molecule has 0 fully saturated rings.